The Bertz CT molecular complexity index is 539. The molecule has 0 aromatic rings. The van der Waals surface area contributed by atoms with E-state index in [1.54, 1.807) is 12.2 Å². The van der Waals surface area contributed by atoms with E-state index in [1.165, 1.54) is 0 Å². The molecule has 0 aromatic heterocycles. The first-order valence-electron chi connectivity index (χ1n) is 8.36. The van der Waals surface area contributed by atoms with Crippen LogP contribution in [0.3, 0.4) is 0 Å². The lowest BCUT2D eigenvalue weighted by atomic mass is 9.38. The topological polar surface area (TPSA) is 29.5 Å². The molecule has 0 spiro atoms. The molecule has 3 nitrogen and oxygen atoms in total. The van der Waals surface area contributed by atoms with Crippen molar-refractivity contribution >= 4 is 12.8 Å². The van der Waals surface area contributed by atoms with E-state index in [2.05, 4.69) is 0 Å². The first-order valence-corrected chi connectivity index (χ1v) is 8.36. The van der Waals surface area contributed by atoms with Crippen molar-refractivity contribution in [2.75, 3.05) is 7.11 Å². The Morgan fingerprint density at radius 2 is 1.67 bits per heavy atom. The molecule has 24 heavy (non-hydrogen) atoms. The Labute approximate surface area is 142 Å². The number of ether oxygens (including phenoxy) is 1. The van der Waals surface area contributed by atoms with Crippen molar-refractivity contribution in [1.82, 2.24) is 4.81 Å². The summed E-state index contributed by atoms with van der Waals surface area (Å²) in [5.41, 5.74) is -0.686. The van der Waals surface area contributed by atoms with E-state index in [4.69, 9.17) is 4.74 Å². The molecule has 3 rings (SSSR count). The highest BCUT2D eigenvalue weighted by Crippen LogP contribution is 2.55. The third-order valence-corrected chi connectivity index (χ3v) is 6.35. The van der Waals surface area contributed by atoms with Crippen LogP contribution in [0.4, 0.5) is 13.2 Å². The second kappa shape index (κ2) is 5.78. The molecular formula is C17H27BF3NO2. The van der Waals surface area contributed by atoms with Gasteiger partial charge in [-0.1, -0.05) is 39.7 Å². The largest absolute Gasteiger partial charge is 0.469 e. The molecular weight excluding hydrogens is 318 g/mol. The molecule has 3 aliphatic rings. The third kappa shape index (κ3) is 2.78. The minimum absolute atomic E-state index is 0.170. The summed E-state index contributed by atoms with van der Waals surface area (Å²) in [5.74, 6) is -4.18. The van der Waals surface area contributed by atoms with Crippen LogP contribution >= 0.6 is 0 Å². The number of methoxy groups -OCH3 is 1. The Morgan fingerprint density at radius 1 is 1.12 bits per heavy atom. The molecule has 1 saturated heterocycles. The van der Waals surface area contributed by atoms with Crippen LogP contribution in [0.15, 0.2) is 12.2 Å². The summed E-state index contributed by atoms with van der Waals surface area (Å²) in [6, 6.07) is -0.858. The molecule has 136 valence electrons. The second-order valence-corrected chi connectivity index (χ2v) is 8.53. The highest BCUT2D eigenvalue weighted by Gasteiger charge is 2.64. The zero-order valence-electron chi connectivity index (χ0n) is 15.4. The fourth-order valence-electron chi connectivity index (χ4n) is 4.22. The quantitative estimate of drug-likeness (QED) is 0.430. The second-order valence-electron chi connectivity index (χ2n) is 8.53. The Balaban J connectivity index is 2.56. The molecule has 2 aliphatic heterocycles. The van der Waals surface area contributed by atoms with Gasteiger partial charge in [-0.25, -0.2) is 0 Å². The summed E-state index contributed by atoms with van der Waals surface area (Å²) in [6.07, 6.45) is -1.05. The number of rotatable bonds is 2. The fourth-order valence-corrected chi connectivity index (χ4v) is 4.22. The van der Waals surface area contributed by atoms with Gasteiger partial charge in [0.2, 0.25) is 6.85 Å². The van der Waals surface area contributed by atoms with Gasteiger partial charge in [0.15, 0.2) is 0 Å². The Kier molecular flexibility index (Phi) is 4.66. The van der Waals surface area contributed by atoms with Gasteiger partial charge >= 0.3 is 12.1 Å². The van der Waals surface area contributed by atoms with Gasteiger partial charge in [0, 0.05) is 11.6 Å². The van der Waals surface area contributed by atoms with Gasteiger partial charge in [0.25, 0.3) is 0 Å². The number of halogens is 3. The third-order valence-electron chi connectivity index (χ3n) is 6.35. The van der Waals surface area contributed by atoms with Gasteiger partial charge in [-0.05, 0) is 25.1 Å². The lowest BCUT2D eigenvalue weighted by Crippen LogP contribution is -2.71. The summed E-state index contributed by atoms with van der Waals surface area (Å²) in [6.45, 7) is 11.8. The number of allylic oxidation sites excluding steroid dienone is 1. The first-order chi connectivity index (χ1) is 10.7. The number of hydrogen-bond donors (Lipinski definition) is 0. The molecule has 1 fully saturated rings. The first kappa shape index (κ1) is 19.4. The highest BCUT2D eigenvalue weighted by atomic mass is 19.4. The molecule has 0 radical (unpaired) electrons. The number of nitrogens with zero attached hydrogens (tertiary/aromatic N) is 1. The van der Waals surface area contributed by atoms with Gasteiger partial charge in [0.1, 0.15) is 0 Å². The van der Waals surface area contributed by atoms with Crippen LogP contribution in [0.2, 0.25) is 12.6 Å². The molecule has 0 saturated carbocycles. The molecule has 2 bridgehead atoms. The van der Waals surface area contributed by atoms with E-state index in [0.29, 0.717) is 0 Å². The van der Waals surface area contributed by atoms with Gasteiger partial charge < -0.3 is 9.55 Å². The molecule has 0 aromatic carbocycles. The lowest BCUT2D eigenvalue weighted by Gasteiger charge is -2.61. The van der Waals surface area contributed by atoms with Crippen molar-refractivity contribution in [3.63, 3.8) is 0 Å². The van der Waals surface area contributed by atoms with Crippen molar-refractivity contribution in [2.24, 2.45) is 17.3 Å². The molecule has 4 unspecified atom stereocenters. The summed E-state index contributed by atoms with van der Waals surface area (Å²) < 4.78 is 46.3. The average molecular weight is 345 g/mol. The zero-order chi connectivity index (χ0) is 18.7. The number of fused-ring (bicyclic) bond motifs is 2. The van der Waals surface area contributed by atoms with Crippen molar-refractivity contribution in [3.05, 3.63) is 12.2 Å². The number of esters is 1. The van der Waals surface area contributed by atoms with E-state index >= 15 is 0 Å². The standard InChI is InChI=1S/C17H27BF3NO2/c1-15(2,3)16(4,5)22-11-9-8-10(18(22)6)12(14(23)24-7)13(11)17(19,20)21/h8-13H,1-7H3. The fraction of sp³-hybridized carbons (Fsp3) is 0.824. The maximum atomic E-state index is 13.9. The molecule has 1 aliphatic carbocycles. The summed E-state index contributed by atoms with van der Waals surface area (Å²) in [5, 5.41) is 0. The number of alkyl halides is 3. The predicted molar refractivity (Wildman–Crippen MR) is 88.7 cm³/mol. The van der Waals surface area contributed by atoms with Crippen LogP contribution in [0.25, 0.3) is 0 Å². The van der Waals surface area contributed by atoms with E-state index in [0.717, 1.165) is 7.11 Å². The predicted octanol–water partition coefficient (Wildman–Crippen LogP) is 4.02. The lowest BCUT2D eigenvalue weighted by molar-refractivity contribution is -0.215. The zero-order valence-corrected chi connectivity index (χ0v) is 15.4. The van der Waals surface area contributed by atoms with Crippen LogP contribution in [0, 0.1) is 17.3 Å². The van der Waals surface area contributed by atoms with Gasteiger partial charge in [-0.15, -0.1) is 0 Å². The van der Waals surface area contributed by atoms with E-state index in [1.807, 2.05) is 46.3 Å². The summed E-state index contributed by atoms with van der Waals surface area (Å²) in [4.78, 5) is 14.1. The van der Waals surface area contributed by atoms with Crippen molar-refractivity contribution in [1.29, 1.82) is 0 Å². The van der Waals surface area contributed by atoms with Gasteiger partial charge in [0.05, 0.1) is 18.9 Å². The summed E-state index contributed by atoms with van der Waals surface area (Å²) in [7, 11) is 1.16. The molecule has 0 amide bonds. The summed E-state index contributed by atoms with van der Waals surface area (Å²) >= 11 is 0. The Hall–Kier alpha value is -0.975. The monoisotopic (exact) mass is 345 g/mol. The average Bonchev–Trinajstić information content (AvgIpc) is 2.43. The van der Waals surface area contributed by atoms with Crippen molar-refractivity contribution < 1.29 is 22.7 Å². The SMILES string of the molecule is COC(=O)C1C2C=CC(C1C(F)(F)F)N(C(C)(C)C(C)(C)C)B2C. The molecule has 4 atom stereocenters. The Morgan fingerprint density at radius 3 is 2.08 bits per heavy atom. The molecule has 0 N–H and O–H groups in total. The van der Waals surface area contributed by atoms with E-state index in [9.17, 15) is 18.0 Å². The van der Waals surface area contributed by atoms with Crippen LogP contribution in [-0.4, -0.2) is 42.5 Å². The van der Waals surface area contributed by atoms with Gasteiger partial charge in [-0.2, -0.15) is 13.2 Å². The van der Waals surface area contributed by atoms with Crippen LogP contribution < -0.4 is 0 Å². The maximum Gasteiger partial charge on any atom is 0.394 e. The van der Waals surface area contributed by atoms with Crippen molar-refractivity contribution in [3.8, 4) is 0 Å². The van der Waals surface area contributed by atoms with E-state index < -0.39 is 41.4 Å². The minimum atomic E-state index is -4.46. The molecule has 7 heteroatoms. The van der Waals surface area contributed by atoms with Crippen LogP contribution in [-0.2, 0) is 9.53 Å². The number of hydrogen-bond acceptors (Lipinski definition) is 3. The minimum Gasteiger partial charge on any atom is -0.469 e. The van der Waals surface area contributed by atoms with Crippen molar-refractivity contribution in [2.45, 2.75) is 65.0 Å². The van der Waals surface area contributed by atoms with Crippen LogP contribution in [0.5, 0.6) is 0 Å². The van der Waals surface area contributed by atoms with Crippen LogP contribution in [0.1, 0.15) is 34.6 Å². The maximum absolute atomic E-state index is 13.9. The van der Waals surface area contributed by atoms with E-state index in [-0.39, 0.29) is 12.3 Å². The normalized spacial score (nSPS) is 31.5. The van der Waals surface area contributed by atoms with Gasteiger partial charge in [-0.3, -0.25) is 4.79 Å². The molecule has 2 heterocycles. The highest BCUT2D eigenvalue weighted by molar-refractivity contribution is 6.58. The number of carbonyl (C=O) groups is 1. The number of carbonyl (C=O) groups excluding carboxylic acids is 1. The smallest absolute Gasteiger partial charge is 0.394 e.